The molecule has 0 fully saturated rings. The molecular weight excluding hydrogens is 350 g/mol. The van der Waals surface area contributed by atoms with E-state index >= 15 is 0 Å². The third kappa shape index (κ3) is 3.96. The van der Waals surface area contributed by atoms with Crippen molar-refractivity contribution in [3.63, 3.8) is 0 Å². The smallest absolute Gasteiger partial charge is 0.227 e. The maximum atomic E-state index is 12.2. The van der Waals surface area contributed by atoms with Crippen LogP contribution in [0.5, 0.6) is 0 Å². The molecule has 26 heavy (non-hydrogen) atoms. The van der Waals surface area contributed by atoms with Crippen LogP contribution in [0.2, 0.25) is 0 Å². The molecule has 0 saturated carbocycles. The van der Waals surface area contributed by atoms with E-state index in [1.807, 2.05) is 12.1 Å². The lowest BCUT2D eigenvalue weighted by molar-refractivity contribution is -0.116. The summed E-state index contributed by atoms with van der Waals surface area (Å²) in [6.45, 7) is 0. The number of rotatable bonds is 5. The third-order valence-electron chi connectivity index (χ3n) is 4.30. The van der Waals surface area contributed by atoms with Crippen molar-refractivity contribution >= 4 is 22.4 Å². The summed E-state index contributed by atoms with van der Waals surface area (Å²) >= 11 is 1.60. The Kier molecular flexibility index (Phi) is 5.01. The average Bonchev–Trinajstić information content (AvgIpc) is 3.22. The van der Waals surface area contributed by atoms with Gasteiger partial charge in [-0.25, -0.2) is 4.98 Å². The summed E-state index contributed by atoms with van der Waals surface area (Å²) in [7, 11) is 0. The second kappa shape index (κ2) is 7.74. The molecule has 0 spiro atoms. The van der Waals surface area contributed by atoms with Gasteiger partial charge in [-0.05, 0) is 37.8 Å². The van der Waals surface area contributed by atoms with Gasteiger partial charge in [-0.1, -0.05) is 11.6 Å². The maximum Gasteiger partial charge on any atom is 0.227 e. The Morgan fingerprint density at radius 3 is 3.04 bits per heavy atom. The number of pyridine rings is 1. The van der Waals surface area contributed by atoms with Crippen molar-refractivity contribution < 1.29 is 9.32 Å². The first-order chi connectivity index (χ1) is 12.8. The summed E-state index contributed by atoms with van der Waals surface area (Å²) in [6.07, 6.45) is 9.77. The first-order valence-electron chi connectivity index (χ1n) is 8.79. The molecule has 3 aromatic rings. The predicted molar refractivity (Wildman–Crippen MR) is 97.9 cm³/mol. The standard InChI is InChI=1S/C18H19N5O2S/c24-15(21-18-20-13-6-2-1-3-7-14(13)26-18)8-9-16-22-17(23-25-16)12-5-4-10-19-11-12/h4-5,10-11H,1-3,6-9H2,(H,20,21,24). The van der Waals surface area contributed by atoms with Crippen molar-refractivity contribution in [2.24, 2.45) is 0 Å². The molecule has 0 atom stereocenters. The van der Waals surface area contributed by atoms with Crippen LogP contribution in [0, 0.1) is 0 Å². The molecule has 8 heteroatoms. The van der Waals surface area contributed by atoms with E-state index < -0.39 is 0 Å². The molecule has 3 heterocycles. The Morgan fingerprint density at radius 2 is 2.15 bits per heavy atom. The minimum atomic E-state index is -0.0879. The Morgan fingerprint density at radius 1 is 1.23 bits per heavy atom. The van der Waals surface area contributed by atoms with E-state index in [2.05, 4.69) is 25.4 Å². The minimum absolute atomic E-state index is 0.0879. The van der Waals surface area contributed by atoms with E-state index in [0.717, 1.165) is 24.1 Å². The van der Waals surface area contributed by atoms with Gasteiger partial charge in [-0.15, -0.1) is 11.3 Å². The summed E-state index contributed by atoms with van der Waals surface area (Å²) in [4.78, 5) is 26.4. The monoisotopic (exact) mass is 369 g/mol. The lowest BCUT2D eigenvalue weighted by atomic mass is 10.2. The van der Waals surface area contributed by atoms with Crippen molar-refractivity contribution in [2.75, 3.05) is 5.32 Å². The molecular formula is C18H19N5O2S. The number of aryl methyl sites for hydroxylation is 3. The fourth-order valence-corrected chi connectivity index (χ4v) is 4.02. The molecule has 7 nitrogen and oxygen atoms in total. The number of carbonyl (C=O) groups excluding carboxylic acids is 1. The van der Waals surface area contributed by atoms with Gasteiger partial charge in [0.1, 0.15) is 0 Å². The van der Waals surface area contributed by atoms with Crippen molar-refractivity contribution in [2.45, 2.75) is 44.9 Å². The summed E-state index contributed by atoms with van der Waals surface area (Å²) < 4.78 is 5.22. The molecule has 0 unspecified atom stereocenters. The van der Waals surface area contributed by atoms with Crippen LogP contribution in [0.4, 0.5) is 5.13 Å². The topological polar surface area (TPSA) is 93.8 Å². The second-order valence-electron chi connectivity index (χ2n) is 6.25. The van der Waals surface area contributed by atoms with Gasteiger partial charge >= 0.3 is 0 Å². The summed E-state index contributed by atoms with van der Waals surface area (Å²) in [5.74, 6) is 0.834. The number of thiazole rings is 1. The van der Waals surface area contributed by atoms with Gasteiger partial charge in [0.2, 0.25) is 17.6 Å². The number of hydrogen-bond donors (Lipinski definition) is 1. The zero-order valence-electron chi connectivity index (χ0n) is 14.3. The van der Waals surface area contributed by atoms with Crippen LogP contribution in [0.25, 0.3) is 11.4 Å². The Balaban J connectivity index is 1.32. The highest BCUT2D eigenvalue weighted by Crippen LogP contribution is 2.29. The maximum absolute atomic E-state index is 12.2. The summed E-state index contributed by atoms with van der Waals surface area (Å²) in [5.41, 5.74) is 1.94. The molecule has 4 rings (SSSR count). The molecule has 0 aliphatic heterocycles. The molecule has 1 aliphatic rings. The van der Waals surface area contributed by atoms with Crippen molar-refractivity contribution in [1.82, 2.24) is 20.1 Å². The van der Waals surface area contributed by atoms with Gasteiger partial charge in [-0.2, -0.15) is 4.98 Å². The van der Waals surface area contributed by atoms with E-state index in [0.29, 0.717) is 23.3 Å². The van der Waals surface area contributed by atoms with Crippen LogP contribution in [0.15, 0.2) is 29.0 Å². The minimum Gasteiger partial charge on any atom is -0.339 e. The van der Waals surface area contributed by atoms with E-state index in [9.17, 15) is 4.79 Å². The Hall–Kier alpha value is -2.61. The third-order valence-corrected chi connectivity index (χ3v) is 5.37. The highest BCUT2D eigenvalue weighted by Gasteiger charge is 2.16. The number of fused-ring (bicyclic) bond motifs is 1. The van der Waals surface area contributed by atoms with Crippen LogP contribution >= 0.6 is 11.3 Å². The van der Waals surface area contributed by atoms with Crippen molar-refractivity contribution in [3.8, 4) is 11.4 Å². The van der Waals surface area contributed by atoms with Crippen LogP contribution in [-0.4, -0.2) is 26.0 Å². The number of nitrogens with one attached hydrogen (secondary N) is 1. The number of aromatic nitrogens is 4. The first kappa shape index (κ1) is 16.8. The van der Waals surface area contributed by atoms with Crippen molar-refractivity contribution in [3.05, 3.63) is 41.0 Å². The average molecular weight is 369 g/mol. The fraction of sp³-hybridized carbons (Fsp3) is 0.389. The molecule has 0 bridgehead atoms. The van der Waals surface area contributed by atoms with E-state index in [1.54, 1.807) is 23.7 Å². The summed E-state index contributed by atoms with van der Waals surface area (Å²) in [6, 6.07) is 3.68. The highest BCUT2D eigenvalue weighted by atomic mass is 32.1. The normalized spacial score (nSPS) is 13.8. The lowest BCUT2D eigenvalue weighted by Crippen LogP contribution is -2.12. The fourth-order valence-electron chi connectivity index (χ4n) is 2.95. The van der Waals surface area contributed by atoms with E-state index in [1.165, 1.54) is 24.1 Å². The second-order valence-corrected chi connectivity index (χ2v) is 7.33. The molecule has 0 aromatic carbocycles. The first-order valence-corrected chi connectivity index (χ1v) is 9.61. The quantitative estimate of drug-likeness (QED) is 0.693. The lowest BCUT2D eigenvalue weighted by Gasteiger charge is -1.99. The molecule has 1 amide bonds. The van der Waals surface area contributed by atoms with Crippen LogP contribution in [0.1, 0.15) is 42.1 Å². The van der Waals surface area contributed by atoms with E-state index in [4.69, 9.17) is 4.52 Å². The van der Waals surface area contributed by atoms with Gasteiger partial charge in [0.15, 0.2) is 5.13 Å². The number of carbonyl (C=O) groups is 1. The molecule has 134 valence electrons. The molecule has 3 aromatic heterocycles. The van der Waals surface area contributed by atoms with Gasteiger partial charge in [-0.3, -0.25) is 9.78 Å². The predicted octanol–water partition coefficient (Wildman–Crippen LogP) is 3.43. The number of nitrogens with zero attached hydrogens (tertiary/aromatic N) is 4. The number of hydrogen-bond acceptors (Lipinski definition) is 7. The van der Waals surface area contributed by atoms with Gasteiger partial charge in [0.05, 0.1) is 5.69 Å². The molecule has 0 radical (unpaired) electrons. The van der Waals surface area contributed by atoms with Crippen LogP contribution in [0.3, 0.4) is 0 Å². The zero-order valence-corrected chi connectivity index (χ0v) is 15.1. The van der Waals surface area contributed by atoms with Crippen LogP contribution < -0.4 is 5.32 Å². The SMILES string of the molecule is O=C(CCc1nc(-c2cccnc2)no1)Nc1nc2c(s1)CCCCC2. The number of anilines is 1. The molecule has 1 aliphatic carbocycles. The summed E-state index contributed by atoms with van der Waals surface area (Å²) in [5, 5.41) is 7.53. The molecule has 1 N–H and O–H groups in total. The van der Waals surface area contributed by atoms with Gasteiger partial charge < -0.3 is 9.84 Å². The van der Waals surface area contributed by atoms with Crippen LogP contribution in [-0.2, 0) is 24.1 Å². The highest BCUT2D eigenvalue weighted by molar-refractivity contribution is 7.15. The van der Waals surface area contributed by atoms with Crippen molar-refractivity contribution in [1.29, 1.82) is 0 Å². The largest absolute Gasteiger partial charge is 0.339 e. The Bertz CT molecular complexity index is 867. The Labute approximate surface area is 154 Å². The zero-order chi connectivity index (χ0) is 17.8. The van der Waals surface area contributed by atoms with Gasteiger partial charge in [0.25, 0.3) is 0 Å². The van der Waals surface area contributed by atoms with Gasteiger partial charge in [0, 0.05) is 35.7 Å². The van der Waals surface area contributed by atoms with E-state index in [-0.39, 0.29) is 12.3 Å². The number of amides is 1. The molecule has 0 saturated heterocycles.